The Bertz CT molecular complexity index is 1710. The van der Waals surface area contributed by atoms with Crippen molar-refractivity contribution < 1.29 is 29.0 Å². The van der Waals surface area contributed by atoms with Gasteiger partial charge in [-0.25, -0.2) is 19.7 Å². The molecule has 2 aromatic carbocycles. The van der Waals surface area contributed by atoms with Gasteiger partial charge in [-0.1, -0.05) is 79.9 Å². The van der Waals surface area contributed by atoms with Crippen molar-refractivity contribution in [1.82, 2.24) is 35.1 Å². The zero-order chi connectivity index (χ0) is 35.3. The first-order valence-electron chi connectivity index (χ1n) is 16.9. The number of halogens is 1. The largest absolute Gasteiger partial charge is 0.464 e. The van der Waals surface area contributed by atoms with E-state index in [9.17, 15) is 19.7 Å². The highest BCUT2D eigenvalue weighted by atomic mass is 35.5. The van der Waals surface area contributed by atoms with Crippen LogP contribution in [0.2, 0.25) is 5.15 Å². The molecule has 50 heavy (non-hydrogen) atoms. The number of H-pyrrole nitrogens is 1. The van der Waals surface area contributed by atoms with Gasteiger partial charge < -0.3 is 18.9 Å². The highest BCUT2D eigenvalue weighted by Gasteiger charge is 2.36. The molecule has 5 rings (SSSR count). The molecular formula is C34H41ClN8O7. The fraction of sp³-hybridized carbons (Fsp3) is 0.471. The molecule has 0 bridgehead atoms. The van der Waals surface area contributed by atoms with Crippen LogP contribution in [0.15, 0.2) is 48.5 Å². The molecule has 1 atom stereocenters. The number of carbonyl (C=O) groups is 2. The lowest BCUT2D eigenvalue weighted by Gasteiger charge is -2.23. The second kappa shape index (κ2) is 18.1. The molecule has 1 fully saturated rings. The van der Waals surface area contributed by atoms with Crippen LogP contribution in [-0.4, -0.2) is 78.0 Å². The lowest BCUT2D eigenvalue weighted by Crippen LogP contribution is -2.41. The number of amides is 1. The van der Waals surface area contributed by atoms with Gasteiger partial charge in [-0.05, 0) is 65.6 Å². The van der Waals surface area contributed by atoms with Crippen molar-refractivity contribution in [1.29, 1.82) is 0 Å². The number of hydrogen-bond acceptors (Lipinski definition) is 11. The Morgan fingerprint density at radius 2 is 1.78 bits per heavy atom. The van der Waals surface area contributed by atoms with E-state index in [1.165, 1.54) is 4.90 Å². The maximum absolute atomic E-state index is 13.3. The first kappa shape index (κ1) is 36.2. The molecule has 1 saturated heterocycles. The molecule has 1 aliphatic heterocycles. The monoisotopic (exact) mass is 708 g/mol. The number of hydrogen-bond donors (Lipinski definition) is 1. The number of benzene rings is 2. The van der Waals surface area contributed by atoms with Gasteiger partial charge in [0, 0.05) is 25.1 Å². The van der Waals surface area contributed by atoms with Crippen LogP contribution >= 0.6 is 11.6 Å². The van der Waals surface area contributed by atoms with Crippen molar-refractivity contribution in [2.45, 2.75) is 83.9 Å². The number of unbranched alkanes of at least 4 members (excludes halogenated alkanes) is 4. The van der Waals surface area contributed by atoms with Gasteiger partial charge >= 0.3 is 12.1 Å². The Morgan fingerprint density at radius 1 is 1.02 bits per heavy atom. The molecule has 4 aromatic rings. The summed E-state index contributed by atoms with van der Waals surface area (Å²) in [6.07, 6.45) is 5.76. The number of esters is 1. The molecule has 266 valence electrons. The van der Waals surface area contributed by atoms with Crippen LogP contribution in [-0.2, 0) is 38.7 Å². The normalized spacial score (nSPS) is 14.1. The molecule has 16 heteroatoms. The summed E-state index contributed by atoms with van der Waals surface area (Å²) in [5.41, 5.74) is 4.48. The Morgan fingerprint density at radius 3 is 2.50 bits per heavy atom. The summed E-state index contributed by atoms with van der Waals surface area (Å²) < 4.78 is 13.2. The highest BCUT2D eigenvalue weighted by Crippen LogP contribution is 2.30. The summed E-state index contributed by atoms with van der Waals surface area (Å²) in [5.74, 6) is 0.926. The van der Waals surface area contributed by atoms with Gasteiger partial charge in [-0.2, -0.15) is 0 Å². The zero-order valence-corrected chi connectivity index (χ0v) is 28.7. The maximum atomic E-state index is 13.3. The zero-order valence-electron chi connectivity index (χ0n) is 28.0. The van der Waals surface area contributed by atoms with Crippen molar-refractivity contribution in [3.05, 3.63) is 80.9 Å². The Labute approximate surface area is 294 Å². The second-order valence-corrected chi connectivity index (χ2v) is 12.4. The Balaban J connectivity index is 1.20. The van der Waals surface area contributed by atoms with Gasteiger partial charge in [0.2, 0.25) is 0 Å². The number of nitrogens with zero attached hydrogens (tertiary/aromatic N) is 7. The fourth-order valence-electron chi connectivity index (χ4n) is 5.95. The molecule has 1 aliphatic rings. The number of ether oxygens (including phenoxy) is 2. The molecule has 1 amide bonds. The van der Waals surface area contributed by atoms with Crippen LogP contribution in [0.3, 0.4) is 0 Å². The number of aromatic amines is 1. The van der Waals surface area contributed by atoms with Crippen LogP contribution < -0.4 is 0 Å². The SMILES string of the molecule is CCCCc1nc(Cl)c(COC(=O)N2CCCC2C(=O)OCCCCCCO[N+](=O)[O-])n1Cc1ccc(-c2ccccc2-c2nnn[nH]2)cc1. The molecule has 0 saturated carbocycles. The molecule has 2 aromatic heterocycles. The molecular weight excluding hydrogens is 668 g/mol. The maximum Gasteiger partial charge on any atom is 0.410 e. The Hall–Kier alpha value is -5.05. The molecule has 3 heterocycles. The number of rotatable bonds is 18. The van der Waals surface area contributed by atoms with Gasteiger partial charge in [0.25, 0.3) is 5.09 Å². The first-order valence-corrected chi connectivity index (χ1v) is 17.3. The minimum Gasteiger partial charge on any atom is -0.464 e. The summed E-state index contributed by atoms with van der Waals surface area (Å²) >= 11 is 6.65. The smallest absolute Gasteiger partial charge is 0.410 e. The van der Waals surface area contributed by atoms with Crippen LogP contribution in [0.1, 0.15) is 75.4 Å². The van der Waals surface area contributed by atoms with Gasteiger partial charge in [0.1, 0.15) is 18.5 Å². The summed E-state index contributed by atoms with van der Waals surface area (Å²) in [5, 5.41) is 24.0. The van der Waals surface area contributed by atoms with Gasteiger partial charge in [-0.15, -0.1) is 15.2 Å². The third-order valence-corrected chi connectivity index (χ3v) is 8.86. The third-order valence-electron chi connectivity index (χ3n) is 8.56. The molecule has 15 nitrogen and oxygen atoms in total. The van der Waals surface area contributed by atoms with Crippen molar-refractivity contribution in [3.63, 3.8) is 0 Å². The van der Waals surface area contributed by atoms with Crippen molar-refractivity contribution in [2.75, 3.05) is 19.8 Å². The van der Waals surface area contributed by atoms with E-state index < -0.39 is 23.2 Å². The minimum absolute atomic E-state index is 0.0466. The summed E-state index contributed by atoms with van der Waals surface area (Å²) in [4.78, 5) is 46.6. The number of aryl methyl sites for hydroxylation is 1. The number of nitrogens with one attached hydrogen (secondary N) is 1. The predicted octanol–water partition coefficient (Wildman–Crippen LogP) is 6.19. The van der Waals surface area contributed by atoms with Gasteiger partial charge in [0.05, 0.1) is 18.9 Å². The quantitative estimate of drug-likeness (QED) is 0.0539. The molecule has 1 N–H and O–H groups in total. The average Bonchev–Trinajstić information content (AvgIpc) is 3.89. The van der Waals surface area contributed by atoms with E-state index in [4.69, 9.17) is 21.1 Å². The summed E-state index contributed by atoms with van der Waals surface area (Å²) in [6, 6.07) is 15.3. The number of likely N-dealkylation sites (tertiary alicyclic amines) is 1. The average molecular weight is 709 g/mol. The van der Waals surface area contributed by atoms with Crippen LogP contribution in [0, 0.1) is 10.1 Å². The van der Waals surface area contributed by atoms with Gasteiger partial charge in [0.15, 0.2) is 11.0 Å². The molecule has 0 aliphatic carbocycles. The number of carbonyl (C=O) groups excluding carboxylic acids is 2. The third kappa shape index (κ3) is 9.55. The van der Waals surface area contributed by atoms with E-state index >= 15 is 0 Å². The second-order valence-electron chi connectivity index (χ2n) is 12.0. The number of imidazole rings is 1. The Kier molecular flexibility index (Phi) is 13.1. The fourth-order valence-corrected chi connectivity index (χ4v) is 6.21. The van der Waals surface area contributed by atoms with E-state index in [-0.39, 0.29) is 25.0 Å². The van der Waals surface area contributed by atoms with Crippen molar-refractivity contribution in [2.24, 2.45) is 0 Å². The van der Waals surface area contributed by atoms with E-state index in [2.05, 4.69) is 37.4 Å². The molecule has 0 spiro atoms. The van der Waals surface area contributed by atoms with Crippen LogP contribution in [0.25, 0.3) is 22.5 Å². The summed E-state index contributed by atoms with van der Waals surface area (Å²) in [7, 11) is 0. The lowest BCUT2D eigenvalue weighted by molar-refractivity contribution is -0.757. The van der Waals surface area contributed by atoms with Crippen LogP contribution in [0.5, 0.6) is 0 Å². The molecule has 0 radical (unpaired) electrons. The van der Waals surface area contributed by atoms with E-state index in [1.54, 1.807) is 0 Å². The number of tetrazole rings is 1. The number of aromatic nitrogens is 6. The van der Waals surface area contributed by atoms with Crippen molar-refractivity contribution >= 4 is 23.7 Å². The summed E-state index contributed by atoms with van der Waals surface area (Å²) in [6.45, 7) is 3.11. The standard InChI is InChI=1S/C34H41ClN8O7/c1-2-3-14-30-36-31(35)29(23-49-34(45)41-19-10-13-28(41)33(44)48-20-8-4-5-9-21-50-43(46)47)42(30)22-24-15-17-25(18-16-24)26-11-6-7-12-27(26)32-37-39-40-38-32/h6-7,11-12,15-18,28H,2-5,8-10,13-14,19-23H2,1H3,(H,37,38,39,40). The van der Waals surface area contributed by atoms with Crippen LogP contribution in [0.4, 0.5) is 4.79 Å². The lowest BCUT2D eigenvalue weighted by atomic mass is 9.98. The topological polar surface area (TPSA) is 180 Å². The van der Waals surface area contributed by atoms with E-state index in [1.807, 2.05) is 53.1 Å². The van der Waals surface area contributed by atoms with Gasteiger partial charge in [-0.3, -0.25) is 4.90 Å². The predicted molar refractivity (Wildman–Crippen MR) is 182 cm³/mol. The van der Waals surface area contributed by atoms with Crippen molar-refractivity contribution in [3.8, 4) is 22.5 Å². The van der Waals surface area contributed by atoms with E-state index in [0.717, 1.165) is 53.8 Å². The minimum atomic E-state index is -0.809. The first-order chi connectivity index (χ1) is 24.4. The van der Waals surface area contributed by atoms with E-state index in [0.29, 0.717) is 56.7 Å². The highest BCUT2D eigenvalue weighted by molar-refractivity contribution is 6.30. The molecule has 1 unspecified atom stereocenters.